The molecule has 3 aliphatic heterocycles. The van der Waals surface area contributed by atoms with Crippen LogP contribution in [0.15, 0.2) is 42.5 Å². The highest BCUT2D eigenvalue weighted by Crippen LogP contribution is 2.39. The molecule has 1 unspecified atom stereocenters. The Hall–Kier alpha value is -3.80. The topological polar surface area (TPSA) is 144 Å². The lowest BCUT2D eigenvalue weighted by Crippen LogP contribution is -2.58. The first-order valence-electron chi connectivity index (χ1n) is 13.9. The monoisotopic (exact) mass is 547 g/mol. The summed E-state index contributed by atoms with van der Waals surface area (Å²) >= 11 is 0. The van der Waals surface area contributed by atoms with Gasteiger partial charge >= 0.3 is 0 Å². The number of hydrogen-bond acceptors (Lipinski definition) is 7. The number of anilines is 1. The molecule has 3 aliphatic rings. The van der Waals surface area contributed by atoms with Crippen molar-refractivity contribution in [2.45, 2.75) is 64.2 Å². The molecule has 4 atom stereocenters. The van der Waals surface area contributed by atoms with Crippen LogP contribution in [-0.4, -0.2) is 60.9 Å². The maximum atomic E-state index is 14.0. The standard InChI is InChI=1S/C29H37N7O4/c1-16(2)24(33-26(37)20-9-4-6-17(3)12-20)28(39)32-22-11-10-18-7-5-8-19-13-23(36(25(18)19)29(22)40)27(38)30-14-21-15-31-35-34-21/h4-9,12,16,21-24,31,34-35H,10-11,13-15H2,1-3H3,(H,30,38)(H,32,39)(H,33,37)/t21?,22-,23-,24-/m0/s1. The second-order valence-corrected chi connectivity index (χ2v) is 11.1. The molecule has 0 spiro atoms. The van der Waals surface area contributed by atoms with E-state index in [1.165, 1.54) is 0 Å². The van der Waals surface area contributed by atoms with Gasteiger partial charge in [0.2, 0.25) is 17.7 Å². The maximum Gasteiger partial charge on any atom is 0.251 e. The summed E-state index contributed by atoms with van der Waals surface area (Å²) in [6.45, 7) is 6.66. The highest BCUT2D eigenvalue weighted by Gasteiger charge is 2.44. The summed E-state index contributed by atoms with van der Waals surface area (Å²) in [4.78, 5) is 55.3. The number of rotatable bonds is 8. The predicted octanol–water partition coefficient (Wildman–Crippen LogP) is 0.236. The van der Waals surface area contributed by atoms with Crippen LogP contribution < -0.4 is 37.2 Å². The SMILES string of the molecule is Cc1cccc(C(=O)N[C@H](C(=O)N[C@H]2CCc3cccc4c3N(C2=O)[C@H](C(=O)NCC2CNNN2)C4)C(C)C)c1. The lowest BCUT2D eigenvalue weighted by Gasteiger charge is -2.29. The number of carbonyl (C=O) groups excluding carboxylic acids is 4. The molecule has 0 aliphatic carbocycles. The number of aryl methyl sites for hydroxylation is 2. The van der Waals surface area contributed by atoms with Crippen molar-refractivity contribution in [1.29, 1.82) is 0 Å². The maximum absolute atomic E-state index is 14.0. The van der Waals surface area contributed by atoms with E-state index in [1.54, 1.807) is 23.1 Å². The van der Waals surface area contributed by atoms with Crippen molar-refractivity contribution in [3.8, 4) is 0 Å². The lowest BCUT2D eigenvalue weighted by molar-refractivity contribution is -0.130. The molecule has 11 heteroatoms. The molecule has 0 saturated carbocycles. The summed E-state index contributed by atoms with van der Waals surface area (Å²) in [6, 6.07) is 10.7. The van der Waals surface area contributed by atoms with E-state index in [4.69, 9.17) is 0 Å². The molecule has 3 heterocycles. The number of nitrogens with one attached hydrogen (secondary N) is 6. The van der Waals surface area contributed by atoms with E-state index in [9.17, 15) is 19.2 Å². The predicted molar refractivity (Wildman–Crippen MR) is 150 cm³/mol. The fraction of sp³-hybridized carbons (Fsp3) is 0.448. The third-order valence-electron chi connectivity index (χ3n) is 7.78. The zero-order valence-electron chi connectivity index (χ0n) is 23.0. The molecule has 4 amide bonds. The number of hydrazine groups is 2. The van der Waals surface area contributed by atoms with Crippen molar-refractivity contribution >= 4 is 29.3 Å². The first-order valence-corrected chi connectivity index (χ1v) is 13.9. The Morgan fingerprint density at radius 1 is 1.10 bits per heavy atom. The van der Waals surface area contributed by atoms with Crippen LogP contribution in [0.3, 0.4) is 0 Å². The van der Waals surface area contributed by atoms with E-state index in [0.717, 1.165) is 22.4 Å². The van der Waals surface area contributed by atoms with Gasteiger partial charge in [0.1, 0.15) is 18.1 Å². The highest BCUT2D eigenvalue weighted by atomic mass is 16.2. The molecular weight excluding hydrogens is 510 g/mol. The number of para-hydroxylation sites is 1. The van der Waals surface area contributed by atoms with Crippen molar-refractivity contribution in [1.82, 2.24) is 32.3 Å². The molecule has 1 saturated heterocycles. The van der Waals surface area contributed by atoms with Gasteiger partial charge in [-0.3, -0.25) is 24.1 Å². The molecule has 5 rings (SSSR count). The average molecular weight is 548 g/mol. The summed E-state index contributed by atoms with van der Waals surface area (Å²) in [6.07, 6.45) is 1.39. The minimum atomic E-state index is -0.833. The van der Waals surface area contributed by atoms with Crippen LogP contribution in [0.2, 0.25) is 0 Å². The largest absolute Gasteiger partial charge is 0.353 e. The van der Waals surface area contributed by atoms with E-state index in [1.807, 2.05) is 45.0 Å². The van der Waals surface area contributed by atoms with Crippen LogP contribution >= 0.6 is 0 Å². The Morgan fingerprint density at radius 3 is 2.60 bits per heavy atom. The molecule has 2 aromatic carbocycles. The Labute approximate surface area is 233 Å². The van der Waals surface area contributed by atoms with E-state index in [-0.39, 0.29) is 29.7 Å². The third-order valence-corrected chi connectivity index (χ3v) is 7.78. The first-order chi connectivity index (χ1) is 19.2. The lowest BCUT2D eigenvalue weighted by atomic mass is 9.99. The second-order valence-electron chi connectivity index (χ2n) is 11.1. The van der Waals surface area contributed by atoms with Gasteiger partial charge in [-0.25, -0.2) is 10.9 Å². The molecule has 212 valence electrons. The van der Waals surface area contributed by atoms with Crippen LogP contribution in [0, 0.1) is 12.8 Å². The zero-order valence-corrected chi connectivity index (χ0v) is 23.0. The Balaban J connectivity index is 1.32. The van der Waals surface area contributed by atoms with Gasteiger partial charge < -0.3 is 16.0 Å². The first kappa shape index (κ1) is 27.8. The second kappa shape index (κ2) is 11.7. The fourth-order valence-corrected chi connectivity index (χ4v) is 5.63. The summed E-state index contributed by atoms with van der Waals surface area (Å²) in [5.41, 5.74) is 12.9. The fourth-order valence-electron chi connectivity index (χ4n) is 5.63. The molecule has 2 aromatic rings. The van der Waals surface area contributed by atoms with E-state index >= 15 is 0 Å². The average Bonchev–Trinajstić information content (AvgIpc) is 3.57. The van der Waals surface area contributed by atoms with Crippen molar-refractivity contribution < 1.29 is 19.2 Å². The summed E-state index contributed by atoms with van der Waals surface area (Å²) in [5.74, 6) is -1.53. The van der Waals surface area contributed by atoms with Crippen molar-refractivity contribution in [2.75, 3.05) is 18.0 Å². The minimum Gasteiger partial charge on any atom is -0.353 e. The molecule has 1 fully saturated rings. The number of nitrogens with zero attached hydrogens (tertiary/aromatic N) is 1. The van der Waals surface area contributed by atoms with Gasteiger partial charge in [0.15, 0.2) is 0 Å². The Morgan fingerprint density at radius 2 is 1.88 bits per heavy atom. The normalized spacial score (nSPS) is 22.4. The van der Waals surface area contributed by atoms with E-state index in [0.29, 0.717) is 37.9 Å². The molecule has 0 bridgehead atoms. The van der Waals surface area contributed by atoms with Gasteiger partial charge in [-0.2, -0.15) is 5.53 Å². The van der Waals surface area contributed by atoms with Crippen LogP contribution in [0.4, 0.5) is 5.69 Å². The zero-order chi connectivity index (χ0) is 28.4. The third kappa shape index (κ3) is 5.72. The van der Waals surface area contributed by atoms with Gasteiger partial charge in [-0.05, 0) is 48.9 Å². The van der Waals surface area contributed by atoms with E-state index in [2.05, 4.69) is 32.3 Å². The van der Waals surface area contributed by atoms with Crippen molar-refractivity contribution in [3.63, 3.8) is 0 Å². The Kier molecular flexibility index (Phi) is 8.15. The van der Waals surface area contributed by atoms with Gasteiger partial charge in [-0.15, -0.1) is 0 Å². The molecule has 0 aromatic heterocycles. The molecule has 6 N–H and O–H groups in total. The molecular formula is C29H37N7O4. The summed E-state index contributed by atoms with van der Waals surface area (Å²) in [5, 5.41) is 8.73. The van der Waals surface area contributed by atoms with Crippen molar-refractivity contribution in [3.05, 3.63) is 64.7 Å². The number of carbonyl (C=O) groups is 4. The van der Waals surface area contributed by atoms with Gasteiger partial charge in [0.25, 0.3) is 5.91 Å². The van der Waals surface area contributed by atoms with Crippen LogP contribution in [0.5, 0.6) is 0 Å². The highest BCUT2D eigenvalue weighted by molar-refractivity contribution is 6.08. The van der Waals surface area contributed by atoms with Gasteiger partial charge in [0, 0.05) is 25.1 Å². The van der Waals surface area contributed by atoms with Crippen molar-refractivity contribution in [2.24, 2.45) is 5.92 Å². The van der Waals surface area contributed by atoms with E-state index < -0.39 is 24.0 Å². The van der Waals surface area contributed by atoms with Gasteiger partial charge in [0.05, 0.1) is 11.7 Å². The Bertz CT molecular complexity index is 1310. The quantitative estimate of drug-likeness (QED) is 0.278. The summed E-state index contributed by atoms with van der Waals surface area (Å²) < 4.78 is 0. The smallest absolute Gasteiger partial charge is 0.251 e. The molecule has 0 radical (unpaired) electrons. The van der Waals surface area contributed by atoms with Crippen LogP contribution in [0.25, 0.3) is 0 Å². The minimum absolute atomic E-state index is 0.0261. The molecule has 40 heavy (non-hydrogen) atoms. The number of hydrogen-bond donors (Lipinski definition) is 6. The van der Waals surface area contributed by atoms with Gasteiger partial charge in [-0.1, -0.05) is 49.7 Å². The van der Waals surface area contributed by atoms with Crippen LogP contribution in [-0.2, 0) is 27.2 Å². The number of amides is 4. The molecule has 11 nitrogen and oxygen atoms in total. The number of benzene rings is 2. The van der Waals surface area contributed by atoms with Crippen LogP contribution in [0.1, 0.15) is 47.3 Å². The summed E-state index contributed by atoms with van der Waals surface area (Å²) in [7, 11) is 0.